The molecule has 2 aliphatic rings. The highest BCUT2D eigenvalue weighted by atomic mass is 16.5. The van der Waals surface area contributed by atoms with Crippen LogP contribution in [-0.4, -0.2) is 0 Å². The molecule has 0 aliphatic carbocycles. The summed E-state index contributed by atoms with van der Waals surface area (Å²) in [6.45, 7) is 1.26. The number of rotatable bonds is 1. The molecule has 98 valence electrons. The highest BCUT2D eigenvalue weighted by molar-refractivity contribution is 5.84. The van der Waals surface area contributed by atoms with E-state index in [4.69, 9.17) is 9.47 Å². The summed E-state index contributed by atoms with van der Waals surface area (Å²) in [6.07, 6.45) is 5.89. The van der Waals surface area contributed by atoms with Crippen LogP contribution < -0.4 is 0 Å². The van der Waals surface area contributed by atoms with Crippen LogP contribution in [0.15, 0.2) is 48.7 Å². The van der Waals surface area contributed by atoms with E-state index in [1.807, 2.05) is 12.1 Å². The summed E-state index contributed by atoms with van der Waals surface area (Å²) < 4.78 is 11.3. The number of hydrogen-bond acceptors (Lipinski definition) is 2. The molecule has 2 aliphatic heterocycles. The number of benzene rings is 2. The maximum absolute atomic E-state index is 5.94. The van der Waals surface area contributed by atoms with Gasteiger partial charge in [-0.05, 0) is 34.4 Å². The van der Waals surface area contributed by atoms with E-state index < -0.39 is 0 Å². The van der Waals surface area contributed by atoms with Crippen molar-refractivity contribution in [2.75, 3.05) is 0 Å². The zero-order chi connectivity index (χ0) is 13.4. The lowest BCUT2D eigenvalue weighted by Gasteiger charge is -2.21. The van der Waals surface area contributed by atoms with Crippen molar-refractivity contribution in [1.82, 2.24) is 0 Å². The largest absolute Gasteiger partial charge is 0.496 e. The van der Waals surface area contributed by atoms with Crippen molar-refractivity contribution in [2.45, 2.75) is 13.2 Å². The number of ether oxygens (including phenoxy) is 2. The Kier molecular flexibility index (Phi) is 2.59. The van der Waals surface area contributed by atoms with Crippen molar-refractivity contribution >= 4 is 17.9 Å². The molecule has 0 aromatic heterocycles. The molecular formula is C18H14O2. The van der Waals surface area contributed by atoms with Crippen LogP contribution in [-0.2, 0) is 22.7 Å². The lowest BCUT2D eigenvalue weighted by molar-refractivity contribution is 0.234. The third-order valence-electron chi connectivity index (χ3n) is 3.76. The predicted octanol–water partition coefficient (Wildman–Crippen LogP) is 4.22. The fraction of sp³-hybridized carbons (Fsp3) is 0.111. The molecule has 0 saturated heterocycles. The van der Waals surface area contributed by atoms with Gasteiger partial charge in [-0.1, -0.05) is 42.5 Å². The van der Waals surface area contributed by atoms with E-state index in [1.165, 1.54) is 22.3 Å². The monoisotopic (exact) mass is 262 g/mol. The molecule has 2 aromatic carbocycles. The predicted molar refractivity (Wildman–Crippen MR) is 79.4 cm³/mol. The number of fused-ring (bicyclic) bond motifs is 2. The van der Waals surface area contributed by atoms with Crippen LogP contribution in [0.1, 0.15) is 27.8 Å². The van der Waals surface area contributed by atoms with Crippen molar-refractivity contribution in [3.8, 4) is 0 Å². The van der Waals surface area contributed by atoms with Crippen LogP contribution in [0.3, 0.4) is 0 Å². The van der Waals surface area contributed by atoms with Gasteiger partial charge in [-0.2, -0.15) is 0 Å². The molecule has 0 amide bonds. The molecule has 0 saturated carbocycles. The van der Waals surface area contributed by atoms with E-state index in [2.05, 4.69) is 42.5 Å². The maximum atomic E-state index is 5.94. The zero-order valence-electron chi connectivity index (χ0n) is 11.0. The first-order valence-corrected chi connectivity index (χ1v) is 6.75. The molecule has 2 heteroatoms. The Morgan fingerprint density at radius 3 is 2.75 bits per heavy atom. The Morgan fingerprint density at radius 2 is 1.75 bits per heavy atom. The molecule has 20 heavy (non-hydrogen) atoms. The highest BCUT2D eigenvalue weighted by Crippen LogP contribution is 2.32. The third-order valence-corrected chi connectivity index (χ3v) is 3.76. The minimum Gasteiger partial charge on any atom is -0.496 e. The summed E-state index contributed by atoms with van der Waals surface area (Å²) >= 11 is 0. The van der Waals surface area contributed by atoms with Gasteiger partial charge in [0.15, 0.2) is 0 Å². The number of hydrogen-bond donors (Lipinski definition) is 0. The normalized spacial score (nSPS) is 15.5. The molecule has 0 atom stereocenters. The minimum atomic E-state index is 0.629. The van der Waals surface area contributed by atoms with E-state index in [0.717, 1.165) is 11.3 Å². The first-order valence-electron chi connectivity index (χ1n) is 6.75. The van der Waals surface area contributed by atoms with Crippen LogP contribution >= 0.6 is 0 Å². The quantitative estimate of drug-likeness (QED) is 0.766. The second-order valence-corrected chi connectivity index (χ2v) is 4.99. The Labute approximate surface area is 118 Å². The van der Waals surface area contributed by atoms with Gasteiger partial charge in [-0.15, -0.1) is 0 Å². The topological polar surface area (TPSA) is 18.5 Å². The van der Waals surface area contributed by atoms with E-state index in [-0.39, 0.29) is 0 Å². The Bertz CT molecular complexity index is 726. The van der Waals surface area contributed by atoms with Gasteiger partial charge in [0.2, 0.25) is 0 Å². The summed E-state index contributed by atoms with van der Waals surface area (Å²) in [6, 6.07) is 14.6. The van der Waals surface area contributed by atoms with Gasteiger partial charge in [-0.25, -0.2) is 0 Å². The Morgan fingerprint density at radius 1 is 0.850 bits per heavy atom. The SMILES string of the molecule is C1=Cc2c(cccc2C2=Cc3ccccc3CO2)CO1. The van der Waals surface area contributed by atoms with Crippen molar-refractivity contribution < 1.29 is 9.47 Å². The molecular weight excluding hydrogens is 248 g/mol. The van der Waals surface area contributed by atoms with Gasteiger partial charge in [0, 0.05) is 5.56 Å². The van der Waals surface area contributed by atoms with E-state index in [1.54, 1.807) is 6.26 Å². The lowest BCUT2D eigenvalue weighted by Crippen LogP contribution is -2.05. The summed E-state index contributed by atoms with van der Waals surface area (Å²) in [5, 5.41) is 0. The van der Waals surface area contributed by atoms with E-state index in [0.29, 0.717) is 13.2 Å². The van der Waals surface area contributed by atoms with Crippen LogP contribution in [0.2, 0.25) is 0 Å². The Balaban J connectivity index is 1.84. The van der Waals surface area contributed by atoms with Crippen LogP contribution in [0.25, 0.3) is 17.9 Å². The second-order valence-electron chi connectivity index (χ2n) is 4.99. The van der Waals surface area contributed by atoms with Gasteiger partial charge in [0.05, 0.1) is 6.26 Å². The minimum absolute atomic E-state index is 0.629. The van der Waals surface area contributed by atoms with Crippen molar-refractivity contribution in [3.63, 3.8) is 0 Å². The van der Waals surface area contributed by atoms with Gasteiger partial charge >= 0.3 is 0 Å². The van der Waals surface area contributed by atoms with Gasteiger partial charge in [-0.3, -0.25) is 0 Å². The van der Waals surface area contributed by atoms with E-state index in [9.17, 15) is 0 Å². The summed E-state index contributed by atoms with van der Waals surface area (Å²) in [5.74, 6) is 0.937. The standard InChI is InChI=1S/C18H14O2/c1-2-5-14-12-20-18(10-13(14)4-1)17-7-3-6-15-11-19-9-8-16(15)17/h1-10H,11-12H2. The van der Waals surface area contributed by atoms with Crippen LogP contribution in [0, 0.1) is 0 Å². The molecule has 0 N–H and O–H groups in total. The summed E-state index contributed by atoms with van der Waals surface area (Å²) in [4.78, 5) is 0. The van der Waals surface area contributed by atoms with Gasteiger partial charge < -0.3 is 9.47 Å². The van der Waals surface area contributed by atoms with Crippen LogP contribution in [0.4, 0.5) is 0 Å². The average Bonchev–Trinajstić information content (AvgIpc) is 2.54. The van der Waals surface area contributed by atoms with Gasteiger partial charge in [0.25, 0.3) is 0 Å². The smallest absolute Gasteiger partial charge is 0.128 e. The molecule has 2 heterocycles. The molecule has 2 aromatic rings. The van der Waals surface area contributed by atoms with E-state index >= 15 is 0 Å². The fourth-order valence-electron chi connectivity index (χ4n) is 2.70. The average molecular weight is 262 g/mol. The zero-order valence-corrected chi connectivity index (χ0v) is 11.0. The molecule has 4 rings (SSSR count). The van der Waals surface area contributed by atoms with Crippen molar-refractivity contribution in [1.29, 1.82) is 0 Å². The maximum Gasteiger partial charge on any atom is 0.128 e. The Hall–Kier alpha value is -2.48. The second kappa shape index (κ2) is 4.57. The first kappa shape index (κ1) is 11.4. The third kappa shape index (κ3) is 1.81. The molecule has 2 nitrogen and oxygen atoms in total. The summed E-state index contributed by atoms with van der Waals surface area (Å²) in [7, 11) is 0. The molecule has 0 bridgehead atoms. The van der Waals surface area contributed by atoms with Crippen LogP contribution in [0.5, 0.6) is 0 Å². The van der Waals surface area contributed by atoms with Gasteiger partial charge in [0.1, 0.15) is 19.0 Å². The molecule has 0 spiro atoms. The first-order chi connectivity index (χ1) is 9.92. The highest BCUT2D eigenvalue weighted by Gasteiger charge is 2.17. The van der Waals surface area contributed by atoms with Crippen molar-refractivity contribution in [2.24, 2.45) is 0 Å². The molecule has 0 fully saturated rings. The summed E-state index contributed by atoms with van der Waals surface area (Å²) in [5.41, 5.74) is 6.01. The lowest BCUT2D eigenvalue weighted by atomic mass is 9.96. The molecule has 0 unspecified atom stereocenters. The fourth-order valence-corrected chi connectivity index (χ4v) is 2.70. The molecule has 0 radical (unpaired) electrons. The van der Waals surface area contributed by atoms with Crippen molar-refractivity contribution in [3.05, 3.63) is 76.5 Å².